The van der Waals surface area contributed by atoms with Crippen molar-refractivity contribution in [1.29, 1.82) is 0 Å². The van der Waals surface area contributed by atoms with E-state index in [1.54, 1.807) is 0 Å². The van der Waals surface area contributed by atoms with E-state index in [4.69, 9.17) is 5.73 Å². The Morgan fingerprint density at radius 2 is 1.95 bits per heavy atom. The summed E-state index contributed by atoms with van der Waals surface area (Å²) in [5.41, 5.74) is 6.90. The van der Waals surface area contributed by atoms with Gasteiger partial charge in [0.1, 0.15) is 0 Å². The predicted molar refractivity (Wildman–Crippen MR) is 78.8 cm³/mol. The van der Waals surface area contributed by atoms with Crippen LogP contribution in [0.25, 0.3) is 0 Å². The molecule has 0 heterocycles. The number of rotatable bonds is 6. The van der Waals surface area contributed by atoms with Crippen LogP contribution >= 0.6 is 0 Å². The van der Waals surface area contributed by atoms with Gasteiger partial charge in [-0.25, -0.2) is 0 Å². The van der Waals surface area contributed by atoms with E-state index < -0.39 is 5.41 Å². The van der Waals surface area contributed by atoms with E-state index in [-0.39, 0.29) is 5.91 Å². The van der Waals surface area contributed by atoms with Gasteiger partial charge < -0.3 is 11.1 Å². The van der Waals surface area contributed by atoms with Crippen LogP contribution in [0, 0.1) is 5.92 Å². The average Bonchev–Trinajstić information content (AvgIpc) is 3.19. The van der Waals surface area contributed by atoms with Crippen molar-refractivity contribution >= 4 is 11.6 Å². The molecule has 2 rings (SSSR count). The Kier molecular flexibility index (Phi) is 4.13. The van der Waals surface area contributed by atoms with Crippen LogP contribution in [0.4, 0.5) is 5.69 Å². The largest absolute Gasteiger partial charge is 0.399 e. The number of nitrogen functional groups attached to an aromatic ring is 1. The van der Waals surface area contributed by atoms with Crippen molar-refractivity contribution in [3.05, 3.63) is 29.8 Å². The third-order valence-corrected chi connectivity index (χ3v) is 3.97. The summed E-state index contributed by atoms with van der Waals surface area (Å²) in [5, 5.41) is 3.05. The van der Waals surface area contributed by atoms with E-state index in [2.05, 4.69) is 5.32 Å². The van der Waals surface area contributed by atoms with Crippen LogP contribution in [0.3, 0.4) is 0 Å². The highest BCUT2D eigenvalue weighted by Gasteiger charge is 2.29. The Hall–Kier alpha value is -1.51. The van der Waals surface area contributed by atoms with Gasteiger partial charge in [-0.3, -0.25) is 4.79 Å². The number of benzene rings is 1. The maximum Gasteiger partial charge on any atom is 0.230 e. The Bertz CT molecular complexity index is 433. The Morgan fingerprint density at radius 3 is 2.53 bits per heavy atom. The minimum atomic E-state index is -0.507. The molecule has 1 fully saturated rings. The molecule has 0 unspecified atom stereocenters. The summed E-state index contributed by atoms with van der Waals surface area (Å²) < 4.78 is 0. The summed E-state index contributed by atoms with van der Waals surface area (Å²) in [6, 6.07) is 7.55. The molecule has 0 spiro atoms. The fourth-order valence-corrected chi connectivity index (χ4v) is 2.25. The molecule has 1 aliphatic carbocycles. The van der Waals surface area contributed by atoms with E-state index >= 15 is 0 Å². The van der Waals surface area contributed by atoms with Crippen molar-refractivity contribution in [3.63, 3.8) is 0 Å². The highest BCUT2D eigenvalue weighted by atomic mass is 16.2. The highest BCUT2D eigenvalue weighted by Crippen LogP contribution is 2.33. The molecule has 0 saturated heterocycles. The minimum absolute atomic E-state index is 0.0908. The molecule has 19 heavy (non-hydrogen) atoms. The van der Waals surface area contributed by atoms with Crippen LogP contribution in [0.2, 0.25) is 0 Å². The standard InChI is InChI=1S/C16H24N2O/c1-16(2,13-7-9-14(17)10-8-13)15(19)18-11-3-4-12-5-6-12/h7-10,12H,3-6,11,17H2,1-2H3,(H,18,19). The van der Waals surface area contributed by atoms with Crippen molar-refractivity contribution in [3.8, 4) is 0 Å². The molecule has 1 saturated carbocycles. The van der Waals surface area contributed by atoms with Gasteiger partial charge in [0, 0.05) is 12.2 Å². The van der Waals surface area contributed by atoms with Gasteiger partial charge in [0.25, 0.3) is 0 Å². The molecule has 3 N–H and O–H groups in total. The lowest BCUT2D eigenvalue weighted by Crippen LogP contribution is -2.40. The molecule has 0 radical (unpaired) electrons. The molecule has 1 aromatic carbocycles. The number of amides is 1. The topological polar surface area (TPSA) is 55.1 Å². The molecule has 0 aromatic heterocycles. The molecular formula is C16H24N2O. The molecule has 0 atom stereocenters. The second kappa shape index (κ2) is 5.64. The lowest BCUT2D eigenvalue weighted by molar-refractivity contribution is -0.125. The second-order valence-corrected chi connectivity index (χ2v) is 6.09. The zero-order valence-corrected chi connectivity index (χ0v) is 11.9. The third kappa shape index (κ3) is 3.72. The molecular weight excluding hydrogens is 236 g/mol. The van der Waals surface area contributed by atoms with Gasteiger partial charge in [0.15, 0.2) is 0 Å². The van der Waals surface area contributed by atoms with Crippen LogP contribution in [0.1, 0.15) is 45.1 Å². The van der Waals surface area contributed by atoms with Crippen LogP contribution < -0.4 is 11.1 Å². The van der Waals surface area contributed by atoms with Gasteiger partial charge in [-0.1, -0.05) is 25.0 Å². The Balaban J connectivity index is 1.86. The highest BCUT2D eigenvalue weighted by molar-refractivity contribution is 5.87. The van der Waals surface area contributed by atoms with E-state index in [0.717, 1.165) is 30.1 Å². The lowest BCUT2D eigenvalue weighted by atomic mass is 9.83. The molecule has 0 aliphatic heterocycles. The number of carbonyl (C=O) groups excluding carboxylic acids is 1. The molecule has 3 nitrogen and oxygen atoms in total. The number of nitrogens with one attached hydrogen (secondary N) is 1. The van der Waals surface area contributed by atoms with Crippen LogP contribution in [0.15, 0.2) is 24.3 Å². The maximum atomic E-state index is 12.3. The Morgan fingerprint density at radius 1 is 1.32 bits per heavy atom. The van der Waals surface area contributed by atoms with Crippen LogP contribution in [0.5, 0.6) is 0 Å². The first kappa shape index (κ1) is 13.9. The van der Waals surface area contributed by atoms with E-state index in [9.17, 15) is 4.79 Å². The van der Waals surface area contributed by atoms with E-state index in [1.807, 2.05) is 38.1 Å². The summed E-state index contributed by atoms with van der Waals surface area (Å²) in [4.78, 5) is 12.3. The van der Waals surface area contributed by atoms with Crippen molar-refractivity contribution in [2.24, 2.45) is 5.92 Å². The summed E-state index contributed by atoms with van der Waals surface area (Å²) in [5.74, 6) is 1.02. The summed E-state index contributed by atoms with van der Waals surface area (Å²) >= 11 is 0. The van der Waals surface area contributed by atoms with Gasteiger partial charge in [-0.15, -0.1) is 0 Å². The molecule has 1 aromatic rings. The summed E-state index contributed by atoms with van der Waals surface area (Å²) in [7, 11) is 0. The number of carbonyl (C=O) groups is 1. The minimum Gasteiger partial charge on any atom is -0.399 e. The zero-order chi connectivity index (χ0) is 13.9. The number of anilines is 1. The third-order valence-electron chi connectivity index (χ3n) is 3.97. The van der Waals surface area contributed by atoms with Gasteiger partial charge in [-0.05, 0) is 50.3 Å². The second-order valence-electron chi connectivity index (χ2n) is 6.09. The summed E-state index contributed by atoms with van der Waals surface area (Å²) in [6.07, 6.45) is 5.10. The molecule has 0 bridgehead atoms. The number of hydrogen-bond donors (Lipinski definition) is 2. The molecule has 1 amide bonds. The van der Waals surface area contributed by atoms with Crippen molar-refractivity contribution in [1.82, 2.24) is 5.32 Å². The van der Waals surface area contributed by atoms with E-state index in [1.165, 1.54) is 19.3 Å². The molecule has 104 valence electrons. The number of hydrogen-bond acceptors (Lipinski definition) is 2. The van der Waals surface area contributed by atoms with Crippen molar-refractivity contribution < 1.29 is 4.79 Å². The monoisotopic (exact) mass is 260 g/mol. The molecule has 1 aliphatic rings. The van der Waals surface area contributed by atoms with Gasteiger partial charge >= 0.3 is 0 Å². The van der Waals surface area contributed by atoms with Gasteiger partial charge in [-0.2, -0.15) is 0 Å². The number of nitrogens with two attached hydrogens (primary N) is 1. The quantitative estimate of drug-likeness (QED) is 0.610. The SMILES string of the molecule is CC(C)(C(=O)NCCCC1CC1)c1ccc(N)cc1. The van der Waals surface area contributed by atoms with Crippen LogP contribution in [-0.4, -0.2) is 12.5 Å². The van der Waals surface area contributed by atoms with Crippen molar-refractivity contribution in [2.75, 3.05) is 12.3 Å². The fourth-order valence-electron chi connectivity index (χ4n) is 2.25. The van der Waals surface area contributed by atoms with Crippen molar-refractivity contribution in [2.45, 2.75) is 44.9 Å². The fraction of sp³-hybridized carbons (Fsp3) is 0.562. The first-order valence-corrected chi connectivity index (χ1v) is 7.14. The smallest absolute Gasteiger partial charge is 0.230 e. The maximum absolute atomic E-state index is 12.3. The first-order valence-electron chi connectivity index (χ1n) is 7.14. The average molecular weight is 260 g/mol. The van der Waals surface area contributed by atoms with E-state index in [0.29, 0.717) is 0 Å². The normalized spacial score (nSPS) is 15.3. The van der Waals surface area contributed by atoms with Crippen LogP contribution in [-0.2, 0) is 10.2 Å². The summed E-state index contributed by atoms with van der Waals surface area (Å²) in [6.45, 7) is 4.69. The predicted octanol–water partition coefficient (Wildman–Crippen LogP) is 2.85. The first-order chi connectivity index (χ1) is 9.00. The van der Waals surface area contributed by atoms with Gasteiger partial charge in [0.2, 0.25) is 5.91 Å². The lowest BCUT2D eigenvalue weighted by Gasteiger charge is -2.24. The zero-order valence-electron chi connectivity index (χ0n) is 11.9. The van der Waals surface area contributed by atoms with Gasteiger partial charge in [0.05, 0.1) is 5.41 Å². The molecule has 3 heteroatoms. The Labute approximate surface area is 115 Å².